The lowest BCUT2D eigenvalue weighted by molar-refractivity contribution is 0.955. The molecule has 3 nitrogen and oxygen atoms in total. The Labute approximate surface area is 85.4 Å². The Bertz CT molecular complexity index is 536. The highest BCUT2D eigenvalue weighted by molar-refractivity contribution is 6.21. The second kappa shape index (κ2) is 2.75. The molecule has 4 heteroatoms. The standard InChI is InChI=1S/C10H6ClN3/c11-10-9-8(13-14-10)7-4-2-1-3-6(7)5-12-9/h1-5,10H. The third kappa shape index (κ3) is 0.960. The predicted octanol–water partition coefficient (Wildman–Crippen LogP) is 3.57. The van der Waals surface area contributed by atoms with Crippen molar-refractivity contribution in [3.05, 3.63) is 36.2 Å². The fraction of sp³-hybridized carbons (Fsp3) is 0.100. The molecule has 3 rings (SSSR count). The third-order valence-corrected chi connectivity index (χ3v) is 2.58. The van der Waals surface area contributed by atoms with Gasteiger partial charge in [-0.05, 0) is 0 Å². The molecule has 0 bridgehead atoms. The van der Waals surface area contributed by atoms with Gasteiger partial charge in [-0.1, -0.05) is 35.9 Å². The number of hydrogen-bond acceptors (Lipinski definition) is 3. The third-order valence-electron chi connectivity index (χ3n) is 2.29. The highest BCUT2D eigenvalue weighted by Gasteiger charge is 2.21. The van der Waals surface area contributed by atoms with E-state index in [2.05, 4.69) is 15.2 Å². The van der Waals surface area contributed by atoms with Crippen molar-refractivity contribution in [2.24, 2.45) is 10.2 Å². The van der Waals surface area contributed by atoms with E-state index in [9.17, 15) is 0 Å². The zero-order valence-corrected chi connectivity index (χ0v) is 7.94. The summed E-state index contributed by atoms with van der Waals surface area (Å²) < 4.78 is 0. The molecule has 0 saturated carbocycles. The average molecular weight is 204 g/mol. The molecule has 68 valence electrons. The lowest BCUT2D eigenvalue weighted by Gasteiger charge is -2.01. The molecule has 1 atom stereocenters. The zero-order chi connectivity index (χ0) is 9.54. The molecule has 1 aliphatic heterocycles. The van der Waals surface area contributed by atoms with Gasteiger partial charge in [-0.3, -0.25) is 4.98 Å². The van der Waals surface area contributed by atoms with Crippen LogP contribution < -0.4 is 0 Å². The molecule has 2 aromatic rings. The van der Waals surface area contributed by atoms with Gasteiger partial charge in [-0.25, -0.2) is 0 Å². The molecule has 1 aromatic heterocycles. The van der Waals surface area contributed by atoms with Gasteiger partial charge in [0.25, 0.3) is 0 Å². The summed E-state index contributed by atoms with van der Waals surface area (Å²) in [5, 5.41) is 10.0. The quantitative estimate of drug-likeness (QED) is 0.476. The van der Waals surface area contributed by atoms with Crippen molar-refractivity contribution in [1.82, 2.24) is 4.98 Å². The Morgan fingerprint density at radius 3 is 3.00 bits per heavy atom. The summed E-state index contributed by atoms with van der Waals surface area (Å²) in [4.78, 5) is 4.25. The minimum atomic E-state index is -0.422. The van der Waals surface area contributed by atoms with Gasteiger partial charge in [0.05, 0.1) is 0 Å². The summed E-state index contributed by atoms with van der Waals surface area (Å²) >= 11 is 5.92. The van der Waals surface area contributed by atoms with Crippen LogP contribution in [0.5, 0.6) is 0 Å². The van der Waals surface area contributed by atoms with E-state index in [1.807, 2.05) is 24.3 Å². The minimum Gasteiger partial charge on any atom is -0.255 e. The molecular formula is C10H6ClN3. The van der Waals surface area contributed by atoms with E-state index in [0.717, 1.165) is 22.2 Å². The van der Waals surface area contributed by atoms with Crippen LogP contribution in [0.4, 0.5) is 5.69 Å². The maximum Gasteiger partial charge on any atom is 0.188 e. The van der Waals surface area contributed by atoms with Crippen LogP contribution in [0.15, 0.2) is 40.7 Å². The smallest absolute Gasteiger partial charge is 0.188 e. The predicted molar refractivity (Wildman–Crippen MR) is 54.9 cm³/mol. The molecule has 0 fully saturated rings. The number of nitrogens with zero attached hydrogens (tertiary/aromatic N) is 3. The van der Waals surface area contributed by atoms with Crippen LogP contribution in [0.2, 0.25) is 0 Å². The SMILES string of the molecule is ClC1N=Nc2c1ncc1ccccc21. The Morgan fingerprint density at radius 2 is 2.07 bits per heavy atom. The van der Waals surface area contributed by atoms with Gasteiger partial charge in [-0.15, -0.1) is 0 Å². The molecule has 14 heavy (non-hydrogen) atoms. The van der Waals surface area contributed by atoms with Crippen LogP contribution in [-0.4, -0.2) is 4.98 Å². The summed E-state index contributed by atoms with van der Waals surface area (Å²) in [7, 11) is 0. The highest BCUT2D eigenvalue weighted by Crippen LogP contribution is 2.40. The van der Waals surface area contributed by atoms with Crippen molar-refractivity contribution < 1.29 is 0 Å². The molecule has 1 aliphatic rings. The first-order valence-corrected chi connectivity index (χ1v) is 4.72. The number of rotatable bonds is 0. The first kappa shape index (κ1) is 7.88. The molecule has 2 heterocycles. The molecule has 0 saturated heterocycles. The van der Waals surface area contributed by atoms with E-state index < -0.39 is 5.50 Å². The van der Waals surface area contributed by atoms with E-state index in [0.29, 0.717) is 0 Å². The number of pyridine rings is 1. The van der Waals surface area contributed by atoms with Crippen molar-refractivity contribution in [1.29, 1.82) is 0 Å². The van der Waals surface area contributed by atoms with Crippen LogP contribution >= 0.6 is 11.6 Å². The van der Waals surface area contributed by atoms with Crippen molar-refractivity contribution >= 4 is 28.1 Å². The average Bonchev–Trinajstić information content (AvgIpc) is 2.61. The summed E-state index contributed by atoms with van der Waals surface area (Å²) in [5.74, 6) is 0. The number of hydrogen-bond donors (Lipinski definition) is 0. The van der Waals surface area contributed by atoms with Gasteiger partial charge in [0, 0.05) is 17.0 Å². The minimum absolute atomic E-state index is 0.422. The lowest BCUT2D eigenvalue weighted by Crippen LogP contribution is -1.87. The molecule has 0 radical (unpaired) electrons. The maximum atomic E-state index is 5.92. The van der Waals surface area contributed by atoms with Crippen molar-refractivity contribution in [2.75, 3.05) is 0 Å². The normalized spacial score (nSPS) is 18.8. The largest absolute Gasteiger partial charge is 0.255 e. The van der Waals surface area contributed by atoms with Gasteiger partial charge in [-0.2, -0.15) is 10.2 Å². The molecule has 0 amide bonds. The van der Waals surface area contributed by atoms with Crippen molar-refractivity contribution in [3.8, 4) is 0 Å². The second-order valence-corrected chi connectivity index (χ2v) is 3.54. The lowest BCUT2D eigenvalue weighted by atomic mass is 10.1. The number of halogens is 1. The van der Waals surface area contributed by atoms with Crippen LogP contribution in [0.1, 0.15) is 11.2 Å². The molecule has 0 aliphatic carbocycles. The van der Waals surface area contributed by atoms with Gasteiger partial charge >= 0.3 is 0 Å². The van der Waals surface area contributed by atoms with E-state index >= 15 is 0 Å². The first-order valence-electron chi connectivity index (χ1n) is 4.29. The Hall–Kier alpha value is -1.48. The summed E-state index contributed by atoms with van der Waals surface area (Å²) in [6, 6.07) is 7.95. The van der Waals surface area contributed by atoms with Crippen LogP contribution in [-0.2, 0) is 0 Å². The number of fused-ring (bicyclic) bond motifs is 3. The first-order chi connectivity index (χ1) is 6.86. The fourth-order valence-electron chi connectivity index (χ4n) is 1.61. The van der Waals surface area contributed by atoms with Crippen LogP contribution in [0.3, 0.4) is 0 Å². The van der Waals surface area contributed by atoms with E-state index in [4.69, 9.17) is 11.6 Å². The monoisotopic (exact) mass is 203 g/mol. The summed E-state index contributed by atoms with van der Waals surface area (Å²) in [6.07, 6.45) is 1.81. The van der Waals surface area contributed by atoms with E-state index in [1.165, 1.54) is 0 Å². The van der Waals surface area contributed by atoms with Crippen molar-refractivity contribution in [2.45, 2.75) is 5.50 Å². The molecule has 0 N–H and O–H groups in total. The number of alkyl halides is 1. The Balaban J connectivity index is 2.43. The maximum absolute atomic E-state index is 5.92. The molecule has 0 spiro atoms. The van der Waals surface area contributed by atoms with E-state index in [1.54, 1.807) is 6.20 Å². The second-order valence-electron chi connectivity index (χ2n) is 3.13. The van der Waals surface area contributed by atoms with Gasteiger partial charge in [0.2, 0.25) is 0 Å². The van der Waals surface area contributed by atoms with Crippen molar-refractivity contribution in [3.63, 3.8) is 0 Å². The number of aromatic nitrogens is 1. The number of benzene rings is 1. The van der Waals surface area contributed by atoms with Gasteiger partial charge in [0.1, 0.15) is 11.4 Å². The molecule has 1 unspecified atom stereocenters. The summed E-state index contributed by atoms with van der Waals surface area (Å²) in [6.45, 7) is 0. The summed E-state index contributed by atoms with van der Waals surface area (Å²) in [5.41, 5.74) is 1.14. The Morgan fingerprint density at radius 1 is 1.21 bits per heavy atom. The van der Waals surface area contributed by atoms with Crippen LogP contribution in [0.25, 0.3) is 10.8 Å². The molecule has 1 aromatic carbocycles. The molecular weight excluding hydrogens is 198 g/mol. The topological polar surface area (TPSA) is 37.6 Å². The highest BCUT2D eigenvalue weighted by atomic mass is 35.5. The number of azo groups is 1. The Kier molecular flexibility index (Phi) is 1.55. The zero-order valence-electron chi connectivity index (χ0n) is 7.18. The fourth-order valence-corrected chi connectivity index (χ4v) is 1.81. The van der Waals surface area contributed by atoms with Crippen LogP contribution in [0, 0.1) is 0 Å². The van der Waals surface area contributed by atoms with E-state index in [-0.39, 0.29) is 0 Å². The van der Waals surface area contributed by atoms with Gasteiger partial charge < -0.3 is 0 Å². The van der Waals surface area contributed by atoms with Gasteiger partial charge in [0.15, 0.2) is 5.50 Å².